The molecule has 0 bridgehead atoms. The van der Waals surface area contributed by atoms with E-state index < -0.39 is 0 Å². The summed E-state index contributed by atoms with van der Waals surface area (Å²) >= 11 is 0. The second-order valence-corrected chi connectivity index (χ2v) is 7.27. The van der Waals surface area contributed by atoms with Crippen LogP contribution in [0.25, 0.3) is 11.3 Å². The fraction of sp³-hybridized carbons (Fsp3) is 0.160. The molecule has 4 aromatic rings. The van der Waals surface area contributed by atoms with Crippen molar-refractivity contribution in [2.75, 3.05) is 36.6 Å². The van der Waals surface area contributed by atoms with Crippen LogP contribution < -0.4 is 21.1 Å². The van der Waals surface area contributed by atoms with Crippen LogP contribution in [-0.4, -0.2) is 35.2 Å². The first-order valence-electron chi connectivity index (χ1n) is 10.6. The van der Waals surface area contributed by atoms with Gasteiger partial charge in [0.25, 0.3) is 0 Å². The maximum absolute atomic E-state index is 6.04. The standard InChI is InChI=1S/C25H26N6O2/c1-32-14-6-12-27-23-16-21(11-13-28-23)33-20-10-5-9-19(15-20)29-24-17-22(30-25(26)31-24)18-7-3-2-4-8-18/h2-5,7-11,13,15-17H,6,12,14H2,1H3,(H,27,28)(H3,26,29,30,31). The molecule has 33 heavy (non-hydrogen) atoms. The average Bonchev–Trinajstić information content (AvgIpc) is 2.83. The first kappa shape index (κ1) is 22.0. The molecule has 4 N–H and O–H groups in total. The molecule has 2 heterocycles. The molecule has 2 aromatic heterocycles. The number of nitrogens with zero attached hydrogens (tertiary/aromatic N) is 3. The molecule has 2 aromatic carbocycles. The molecule has 0 saturated heterocycles. The van der Waals surface area contributed by atoms with Crippen molar-refractivity contribution >= 4 is 23.3 Å². The van der Waals surface area contributed by atoms with Crippen LogP contribution in [0.15, 0.2) is 79.0 Å². The Morgan fingerprint density at radius 3 is 2.58 bits per heavy atom. The molecule has 4 rings (SSSR count). The molecular weight excluding hydrogens is 416 g/mol. The van der Waals surface area contributed by atoms with Crippen LogP contribution in [0.5, 0.6) is 11.5 Å². The van der Waals surface area contributed by atoms with Gasteiger partial charge < -0.3 is 25.8 Å². The maximum atomic E-state index is 6.04. The Balaban J connectivity index is 1.45. The lowest BCUT2D eigenvalue weighted by Gasteiger charge is -2.11. The minimum absolute atomic E-state index is 0.202. The first-order valence-corrected chi connectivity index (χ1v) is 10.6. The second kappa shape index (κ2) is 10.9. The molecular formula is C25H26N6O2. The fourth-order valence-corrected chi connectivity index (χ4v) is 3.21. The molecule has 0 unspecified atom stereocenters. The van der Waals surface area contributed by atoms with Crippen LogP contribution in [0, 0.1) is 0 Å². The van der Waals surface area contributed by atoms with Gasteiger partial charge in [-0.1, -0.05) is 36.4 Å². The topological polar surface area (TPSA) is 107 Å². The normalized spacial score (nSPS) is 10.6. The average molecular weight is 443 g/mol. The Morgan fingerprint density at radius 1 is 0.879 bits per heavy atom. The highest BCUT2D eigenvalue weighted by Crippen LogP contribution is 2.28. The van der Waals surface area contributed by atoms with Gasteiger partial charge in [-0.2, -0.15) is 4.98 Å². The van der Waals surface area contributed by atoms with Crippen LogP contribution in [0.1, 0.15) is 6.42 Å². The molecule has 0 spiro atoms. The van der Waals surface area contributed by atoms with Gasteiger partial charge in [-0.15, -0.1) is 0 Å². The number of nitrogens with one attached hydrogen (secondary N) is 2. The predicted octanol–water partition coefficient (Wildman–Crippen LogP) is 5.11. The van der Waals surface area contributed by atoms with Crippen molar-refractivity contribution in [1.82, 2.24) is 15.0 Å². The van der Waals surface area contributed by atoms with Gasteiger partial charge in [0.2, 0.25) is 5.95 Å². The minimum atomic E-state index is 0.202. The van der Waals surface area contributed by atoms with E-state index in [9.17, 15) is 0 Å². The van der Waals surface area contributed by atoms with Gasteiger partial charge in [-0.05, 0) is 24.6 Å². The summed E-state index contributed by atoms with van der Waals surface area (Å²) in [5.74, 6) is 2.93. The number of rotatable bonds is 10. The fourth-order valence-electron chi connectivity index (χ4n) is 3.21. The summed E-state index contributed by atoms with van der Waals surface area (Å²) in [6.07, 6.45) is 2.61. The zero-order valence-electron chi connectivity index (χ0n) is 18.4. The van der Waals surface area contributed by atoms with Gasteiger partial charge in [0.15, 0.2) is 0 Å². The third-order valence-electron chi connectivity index (χ3n) is 4.72. The van der Waals surface area contributed by atoms with E-state index in [0.717, 1.165) is 35.7 Å². The van der Waals surface area contributed by atoms with Crippen molar-refractivity contribution in [2.24, 2.45) is 0 Å². The van der Waals surface area contributed by atoms with Gasteiger partial charge in [0.05, 0.1) is 5.69 Å². The highest BCUT2D eigenvalue weighted by atomic mass is 16.5. The Bertz CT molecular complexity index is 1190. The number of methoxy groups -OCH3 is 1. The Labute approximate surface area is 192 Å². The number of aromatic nitrogens is 3. The summed E-state index contributed by atoms with van der Waals surface area (Å²) in [7, 11) is 1.69. The van der Waals surface area contributed by atoms with E-state index in [1.807, 2.05) is 72.8 Å². The number of anilines is 4. The van der Waals surface area contributed by atoms with Crippen LogP contribution in [0.3, 0.4) is 0 Å². The van der Waals surface area contributed by atoms with Crippen molar-refractivity contribution < 1.29 is 9.47 Å². The number of nitrogens with two attached hydrogens (primary N) is 1. The van der Waals surface area contributed by atoms with Crippen molar-refractivity contribution in [2.45, 2.75) is 6.42 Å². The number of hydrogen-bond acceptors (Lipinski definition) is 8. The van der Waals surface area contributed by atoms with E-state index in [1.165, 1.54) is 0 Å². The summed E-state index contributed by atoms with van der Waals surface area (Å²) < 4.78 is 11.1. The summed E-state index contributed by atoms with van der Waals surface area (Å²) in [5.41, 5.74) is 8.48. The summed E-state index contributed by atoms with van der Waals surface area (Å²) in [4.78, 5) is 13.0. The van der Waals surface area contributed by atoms with Crippen LogP contribution in [0.4, 0.5) is 23.3 Å². The minimum Gasteiger partial charge on any atom is -0.457 e. The highest BCUT2D eigenvalue weighted by Gasteiger charge is 2.07. The molecule has 0 aliphatic rings. The van der Waals surface area contributed by atoms with Gasteiger partial charge in [0.1, 0.15) is 23.1 Å². The number of nitrogen functional groups attached to an aromatic ring is 1. The van der Waals surface area contributed by atoms with E-state index in [4.69, 9.17) is 15.2 Å². The maximum Gasteiger partial charge on any atom is 0.222 e. The first-order chi connectivity index (χ1) is 16.2. The molecule has 0 radical (unpaired) electrons. The third kappa shape index (κ3) is 6.41. The van der Waals surface area contributed by atoms with Gasteiger partial charge in [-0.25, -0.2) is 9.97 Å². The lowest BCUT2D eigenvalue weighted by atomic mass is 10.1. The summed E-state index contributed by atoms with van der Waals surface area (Å²) in [5, 5.41) is 6.55. The van der Waals surface area contributed by atoms with E-state index in [0.29, 0.717) is 23.9 Å². The SMILES string of the molecule is COCCCNc1cc(Oc2cccc(Nc3cc(-c4ccccc4)nc(N)n3)c2)ccn1. The molecule has 168 valence electrons. The monoisotopic (exact) mass is 442 g/mol. The number of ether oxygens (including phenoxy) is 2. The smallest absolute Gasteiger partial charge is 0.222 e. The molecule has 0 saturated carbocycles. The van der Waals surface area contributed by atoms with Crippen molar-refractivity contribution in [3.05, 3.63) is 79.0 Å². The van der Waals surface area contributed by atoms with Crippen molar-refractivity contribution in [3.63, 3.8) is 0 Å². The molecule has 8 nitrogen and oxygen atoms in total. The molecule has 8 heteroatoms. The Kier molecular flexibility index (Phi) is 7.29. The van der Waals surface area contributed by atoms with E-state index in [1.54, 1.807) is 13.3 Å². The van der Waals surface area contributed by atoms with E-state index in [2.05, 4.69) is 25.6 Å². The second-order valence-electron chi connectivity index (χ2n) is 7.27. The van der Waals surface area contributed by atoms with Crippen LogP contribution >= 0.6 is 0 Å². The molecule has 0 aliphatic carbocycles. The van der Waals surface area contributed by atoms with E-state index in [-0.39, 0.29) is 5.95 Å². The zero-order chi connectivity index (χ0) is 22.9. The number of pyridine rings is 1. The Morgan fingerprint density at radius 2 is 1.73 bits per heavy atom. The Hall–Kier alpha value is -4.17. The number of hydrogen-bond donors (Lipinski definition) is 3. The molecule has 0 aliphatic heterocycles. The summed E-state index contributed by atoms with van der Waals surface area (Å²) in [6.45, 7) is 1.48. The van der Waals surface area contributed by atoms with Gasteiger partial charge in [0, 0.05) is 55.9 Å². The highest BCUT2D eigenvalue weighted by molar-refractivity contribution is 5.67. The molecule has 0 fully saturated rings. The zero-order valence-corrected chi connectivity index (χ0v) is 18.4. The molecule has 0 amide bonds. The van der Waals surface area contributed by atoms with E-state index >= 15 is 0 Å². The lowest BCUT2D eigenvalue weighted by Crippen LogP contribution is -2.05. The predicted molar refractivity (Wildman–Crippen MR) is 131 cm³/mol. The lowest BCUT2D eigenvalue weighted by molar-refractivity contribution is 0.198. The summed E-state index contributed by atoms with van der Waals surface area (Å²) in [6, 6.07) is 23.0. The van der Waals surface area contributed by atoms with Crippen molar-refractivity contribution in [1.29, 1.82) is 0 Å². The van der Waals surface area contributed by atoms with Crippen LogP contribution in [-0.2, 0) is 4.74 Å². The molecule has 0 atom stereocenters. The van der Waals surface area contributed by atoms with Crippen LogP contribution in [0.2, 0.25) is 0 Å². The van der Waals surface area contributed by atoms with Crippen molar-refractivity contribution in [3.8, 4) is 22.8 Å². The quantitative estimate of drug-likeness (QED) is 0.291. The van der Waals surface area contributed by atoms with Gasteiger partial charge in [-0.3, -0.25) is 0 Å². The number of benzene rings is 2. The largest absolute Gasteiger partial charge is 0.457 e. The van der Waals surface area contributed by atoms with Gasteiger partial charge >= 0.3 is 0 Å². The third-order valence-corrected chi connectivity index (χ3v) is 4.72.